The van der Waals surface area contributed by atoms with Crippen molar-refractivity contribution < 1.29 is 9.64 Å². The number of ether oxygens (including phenoxy) is 1. The molecule has 2 aromatic rings. The Balaban J connectivity index is 1.59. The summed E-state index contributed by atoms with van der Waals surface area (Å²) < 4.78 is 5.45. The van der Waals surface area contributed by atoms with Gasteiger partial charge in [0.2, 0.25) is 0 Å². The Morgan fingerprint density at radius 1 is 1.05 bits per heavy atom. The monoisotopic (exact) mass is 317 g/mol. The van der Waals surface area contributed by atoms with E-state index in [9.17, 15) is 0 Å². The molecule has 1 aliphatic heterocycles. The van der Waals surface area contributed by atoms with Crippen molar-refractivity contribution in [2.24, 2.45) is 0 Å². The first-order valence-electron chi connectivity index (χ1n) is 7.72. The number of para-hydroxylation sites is 1. The van der Waals surface area contributed by atoms with Crippen LogP contribution in [0.1, 0.15) is 5.56 Å². The molecule has 0 aromatic heterocycles. The topological polar surface area (TPSA) is 16.9 Å². The number of anilines is 1. The molecule has 1 N–H and O–H groups in total. The van der Waals surface area contributed by atoms with E-state index in [-0.39, 0.29) is 0 Å². The van der Waals surface area contributed by atoms with Crippen LogP contribution in [0.4, 0.5) is 5.69 Å². The van der Waals surface area contributed by atoms with E-state index in [1.54, 1.807) is 12.0 Å². The van der Waals surface area contributed by atoms with Crippen LogP contribution in [0.3, 0.4) is 0 Å². The first-order chi connectivity index (χ1) is 10.8. The summed E-state index contributed by atoms with van der Waals surface area (Å²) in [5.41, 5.74) is 2.56. The Bertz CT molecular complexity index is 607. The minimum atomic E-state index is 0.796. The van der Waals surface area contributed by atoms with E-state index in [0.717, 1.165) is 43.5 Å². The van der Waals surface area contributed by atoms with Gasteiger partial charge in [-0.2, -0.15) is 0 Å². The van der Waals surface area contributed by atoms with Crippen LogP contribution < -0.4 is 14.5 Å². The van der Waals surface area contributed by atoms with Crippen molar-refractivity contribution in [2.45, 2.75) is 6.54 Å². The smallest absolute Gasteiger partial charge is 0.127 e. The molecule has 1 aliphatic rings. The van der Waals surface area contributed by atoms with Gasteiger partial charge in [-0.25, -0.2) is 0 Å². The molecule has 0 bridgehead atoms. The first kappa shape index (κ1) is 15.2. The van der Waals surface area contributed by atoms with E-state index >= 15 is 0 Å². The molecule has 4 heteroatoms. The van der Waals surface area contributed by atoms with Crippen LogP contribution in [0.2, 0.25) is 5.02 Å². The molecule has 0 aliphatic carbocycles. The number of quaternary nitrogens is 1. The maximum Gasteiger partial charge on any atom is 0.127 e. The molecule has 3 nitrogen and oxygen atoms in total. The lowest BCUT2D eigenvalue weighted by molar-refractivity contribution is -0.914. The van der Waals surface area contributed by atoms with Gasteiger partial charge in [-0.1, -0.05) is 23.7 Å². The zero-order chi connectivity index (χ0) is 15.4. The lowest BCUT2D eigenvalue weighted by Crippen LogP contribution is -3.13. The zero-order valence-electron chi connectivity index (χ0n) is 12.9. The maximum atomic E-state index is 5.96. The summed E-state index contributed by atoms with van der Waals surface area (Å²) in [5.74, 6) is 0.995. The number of benzene rings is 2. The minimum Gasteiger partial charge on any atom is -0.496 e. The lowest BCUT2D eigenvalue weighted by atomic mass is 10.1. The quantitative estimate of drug-likeness (QED) is 0.931. The number of methoxy groups -OCH3 is 1. The average Bonchev–Trinajstić information content (AvgIpc) is 2.57. The van der Waals surface area contributed by atoms with Crippen molar-refractivity contribution in [2.75, 3.05) is 38.2 Å². The maximum absolute atomic E-state index is 5.96. The highest BCUT2D eigenvalue weighted by atomic mass is 35.5. The summed E-state index contributed by atoms with van der Waals surface area (Å²) >= 11 is 5.96. The van der Waals surface area contributed by atoms with Gasteiger partial charge in [-0.3, -0.25) is 0 Å². The molecule has 0 amide bonds. The summed E-state index contributed by atoms with van der Waals surface area (Å²) in [6.45, 7) is 5.46. The van der Waals surface area contributed by atoms with Crippen LogP contribution in [-0.2, 0) is 6.54 Å². The van der Waals surface area contributed by atoms with E-state index < -0.39 is 0 Å². The van der Waals surface area contributed by atoms with Crippen molar-refractivity contribution >= 4 is 17.3 Å². The lowest BCUT2D eigenvalue weighted by Gasteiger charge is -2.33. The molecular formula is C18H22ClN2O+. The second-order valence-corrected chi connectivity index (χ2v) is 6.14. The summed E-state index contributed by atoms with van der Waals surface area (Å²) in [6.07, 6.45) is 0. The molecule has 22 heavy (non-hydrogen) atoms. The SMILES string of the molecule is COc1ccccc1C[NH+]1CCN(c2ccc(Cl)cc2)CC1. The highest BCUT2D eigenvalue weighted by Crippen LogP contribution is 2.18. The largest absolute Gasteiger partial charge is 0.496 e. The molecule has 0 spiro atoms. The average molecular weight is 318 g/mol. The Kier molecular flexibility index (Phi) is 4.86. The molecule has 1 fully saturated rings. The predicted octanol–water partition coefficient (Wildman–Crippen LogP) is 2.25. The third-order valence-electron chi connectivity index (χ3n) is 4.30. The van der Waals surface area contributed by atoms with Crippen LogP contribution in [0.5, 0.6) is 5.75 Å². The van der Waals surface area contributed by atoms with Crippen LogP contribution in [0, 0.1) is 0 Å². The van der Waals surface area contributed by atoms with Crippen molar-refractivity contribution in [3.8, 4) is 5.75 Å². The Morgan fingerprint density at radius 2 is 1.73 bits per heavy atom. The van der Waals surface area contributed by atoms with Crippen LogP contribution in [0.25, 0.3) is 0 Å². The number of hydrogen-bond acceptors (Lipinski definition) is 2. The standard InChI is InChI=1S/C18H21ClN2O/c1-22-18-5-3-2-4-15(18)14-20-10-12-21(13-11-20)17-8-6-16(19)7-9-17/h2-9H,10-14H2,1H3/p+1. The molecule has 3 rings (SSSR count). The van der Waals surface area contributed by atoms with Crippen molar-refractivity contribution in [3.05, 3.63) is 59.1 Å². The zero-order valence-corrected chi connectivity index (χ0v) is 13.6. The van der Waals surface area contributed by atoms with E-state index in [4.69, 9.17) is 16.3 Å². The third-order valence-corrected chi connectivity index (χ3v) is 4.55. The Hall–Kier alpha value is -1.71. The van der Waals surface area contributed by atoms with Crippen molar-refractivity contribution in [1.29, 1.82) is 0 Å². The number of halogens is 1. The normalized spacial score (nSPS) is 15.8. The van der Waals surface area contributed by atoms with Crippen molar-refractivity contribution in [1.82, 2.24) is 0 Å². The van der Waals surface area contributed by atoms with E-state index in [1.807, 2.05) is 24.3 Å². The van der Waals surface area contributed by atoms with Crippen LogP contribution >= 0.6 is 11.6 Å². The number of hydrogen-bond donors (Lipinski definition) is 1. The fourth-order valence-electron chi connectivity index (χ4n) is 3.03. The highest BCUT2D eigenvalue weighted by Gasteiger charge is 2.21. The third kappa shape index (κ3) is 3.54. The predicted molar refractivity (Wildman–Crippen MR) is 91.1 cm³/mol. The molecule has 2 aromatic carbocycles. The van der Waals surface area contributed by atoms with Crippen molar-refractivity contribution in [3.63, 3.8) is 0 Å². The van der Waals surface area contributed by atoms with Gasteiger partial charge in [-0.15, -0.1) is 0 Å². The number of piperazine rings is 1. The molecule has 0 saturated carbocycles. The van der Waals surface area contributed by atoms with Gasteiger partial charge < -0.3 is 14.5 Å². The fourth-order valence-corrected chi connectivity index (χ4v) is 3.15. The number of rotatable bonds is 4. The highest BCUT2D eigenvalue weighted by molar-refractivity contribution is 6.30. The van der Waals surface area contributed by atoms with Gasteiger partial charge in [0, 0.05) is 16.3 Å². The van der Waals surface area contributed by atoms with Gasteiger partial charge in [-0.05, 0) is 36.4 Å². The van der Waals surface area contributed by atoms with Crippen LogP contribution in [0.15, 0.2) is 48.5 Å². The molecule has 0 atom stereocenters. The van der Waals surface area contributed by atoms with Gasteiger partial charge >= 0.3 is 0 Å². The number of nitrogens with zero attached hydrogens (tertiary/aromatic N) is 1. The summed E-state index contributed by atoms with van der Waals surface area (Å²) in [5, 5.41) is 0.796. The molecule has 1 saturated heterocycles. The minimum absolute atomic E-state index is 0.796. The number of nitrogens with one attached hydrogen (secondary N) is 1. The fraction of sp³-hybridized carbons (Fsp3) is 0.333. The Labute approximate surface area is 137 Å². The van der Waals surface area contributed by atoms with Gasteiger partial charge in [0.15, 0.2) is 0 Å². The Morgan fingerprint density at radius 3 is 2.41 bits per heavy atom. The molecule has 0 radical (unpaired) electrons. The molecule has 0 unspecified atom stereocenters. The first-order valence-corrected chi connectivity index (χ1v) is 8.10. The summed E-state index contributed by atoms with van der Waals surface area (Å²) in [6, 6.07) is 16.4. The van der Waals surface area contributed by atoms with E-state index in [1.165, 1.54) is 11.3 Å². The van der Waals surface area contributed by atoms with Gasteiger partial charge in [0.1, 0.15) is 12.3 Å². The summed E-state index contributed by atoms with van der Waals surface area (Å²) in [4.78, 5) is 4.04. The van der Waals surface area contributed by atoms with Crippen LogP contribution in [-0.4, -0.2) is 33.3 Å². The van der Waals surface area contributed by atoms with Gasteiger partial charge in [0.05, 0.1) is 33.3 Å². The van der Waals surface area contributed by atoms with Gasteiger partial charge in [0.25, 0.3) is 0 Å². The van der Waals surface area contributed by atoms with E-state index in [0.29, 0.717) is 0 Å². The second-order valence-electron chi connectivity index (χ2n) is 5.70. The molecule has 116 valence electrons. The summed E-state index contributed by atoms with van der Waals surface area (Å²) in [7, 11) is 1.74. The molecule has 1 heterocycles. The molecular weight excluding hydrogens is 296 g/mol. The van der Waals surface area contributed by atoms with E-state index in [2.05, 4.69) is 29.2 Å². The second kappa shape index (κ2) is 7.03.